The van der Waals surface area contributed by atoms with Crippen LogP contribution in [0.3, 0.4) is 0 Å². The molecular weight excluding hydrogens is 352 g/mol. The molecule has 1 N–H and O–H groups in total. The summed E-state index contributed by atoms with van der Waals surface area (Å²) >= 11 is 0. The summed E-state index contributed by atoms with van der Waals surface area (Å²) in [5.74, 6) is -1.06. The Morgan fingerprint density at radius 3 is 2.61 bits per heavy atom. The number of fused-ring (bicyclic) bond motifs is 2. The van der Waals surface area contributed by atoms with Crippen molar-refractivity contribution in [2.75, 3.05) is 6.54 Å². The zero-order chi connectivity index (χ0) is 19.7. The number of carbonyl (C=O) groups is 3. The molecule has 0 bridgehead atoms. The van der Waals surface area contributed by atoms with Crippen LogP contribution < -0.4 is 5.32 Å². The highest BCUT2D eigenvalue weighted by Gasteiger charge is 2.32. The topological polar surface area (TPSA) is 66.5 Å². The molecule has 0 aromatic heterocycles. The molecule has 2 aliphatic rings. The minimum absolute atomic E-state index is 0.148. The van der Waals surface area contributed by atoms with Gasteiger partial charge in [-0.2, -0.15) is 0 Å². The van der Waals surface area contributed by atoms with Gasteiger partial charge in [0.05, 0.1) is 12.5 Å². The lowest BCUT2D eigenvalue weighted by Gasteiger charge is -2.27. The Hall–Kier alpha value is -2.95. The van der Waals surface area contributed by atoms with Crippen molar-refractivity contribution in [3.63, 3.8) is 0 Å². The summed E-state index contributed by atoms with van der Waals surface area (Å²) in [5.41, 5.74) is 5.03. The van der Waals surface area contributed by atoms with Crippen LogP contribution in [0.1, 0.15) is 58.4 Å². The molecule has 0 spiro atoms. The summed E-state index contributed by atoms with van der Waals surface area (Å²) < 4.78 is 0. The second kappa shape index (κ2) is 7.58. The van der Waals surface area contributed by atoms with E-state index < -0.39 is 5.91 Å². The predicted molar refractivity (Wildman–Crippen MR) is 106 cm³/mol. The molecule has 4 rings (SSSR count). The van der Waals surface area contributed by atoms with E-state index in [-0.39, 0.29) is 30.8 Å². The first kappa shape index (κ1) is 18.4. The smallest absolute Gasteiger partial charge is 0.261 e. The van der Waals surface area contributed by atoms with Crippen molar-refractivity contribution in [1.82, 2.24) is 10.2 Å². The largest absolute Gasteiger partial charge is 0.348 e. The van der Waals surface area contributed by atoms with Crippen LogP contribution in [0.2, 0.25) is 0 Å². The van der Waals surface area contributed by atoms with Gasteiger partial charge in [-0.25, -0.2) is 0 Å². The van der Waals surface area contributed by atoms with Crippen molar-refractivity contribution in [3.8, 4) is 0 Å². The van der Waals surface area contributed by atoms with Crippen LogP contribution in [0.4, 0.5) is 0 Å². The summed E-state index contributed by atoms with van der Waals surface area (Å²) in [4.78, 5) is 38.5. The van der Waals surface area contributed by atoms with Gasteiger partial charge in [-0.1, -0.05) is 36.4 Å². The first-order valence-corrected chi connectivity index (χ1v) is 9.86. The number of amides is 3. The van der Waals surface area contributed by atoms with E-state index in [1.807, 2.05) is 13.0 Å². The molecule has 0 saturated carbocycles. The Kier molecular flexibility index (Phi) is 4.99. The molecular formula is C23H24N2O3. The highest BCUT2D eigenvalue weighted by molar-refractivity contribution is 6.11. The molecule has 1 atom stereocenters. The summed E-state index contributed by atoms with van der Waals surface area (Å²) in [6, 6.07) is 13.3. The van der Waals surface area contributed by atoms with E-state index >= 15 is 0 Å². The lowest BCUT2D eigenvalue weighted by atomic mass is 9.89. The Morgan fingerprint density at radius 2 is 1.79 bits per heavy atom. The molecule has 1 aliphatic carbocycles. The molecule has 144 valence electrons. The van der Waals surface area contributed by atoms with Gasteiger partial charge >= 0.3 is 0 Å². The number of benzene rings is 2. The van der Waals surface area contributed by atoms with Gasteiger partial charge in [0.15, 0.2) is 0 Å². The van der Waals surface area contributed by atoms with Crippen LogP contribution in [0.25, 0.3) is 0 Å². The number of hydrogen-bond acceptors (Lipinski definition) is 3. The Balaban J connectivity index is 1.43. The summed E-state index contributed by atoms with van der Waals surface area (Å²) in [6.45, 7) is 1.68. The second-order valence-electron chi connectivity index (χ2n) is 7.64. The standard InChI is InChI=1S/C23H24N2O3/c1-15(17-11-10-16-6-2-3-7-18(16)12-17)24-21(26)14-25-22(27)13-19-8-4-5-9-20(19)23(25)28/h4-5,8-12,15H,2-3,6-7,13-14H2,1H3,(H,24,26)/t15-/m0/s1. The van der Waals surface area contributed by atoms with Crippen molar-refractivity contribution >= 4 is 17.7 Å². The lowest BCUT2D eigenvalue weighted by molar-refractivity contribution is -0.133. The van der Waals surface area contributed by atoms with Crippen LogP contribution >= 0.6 is 0 Å². The van der Waals surface area contributed by atoms with E-state index in [1.54, 1.807) is 18.2 Å². The average Bonchev–Trinajstić information content (AvgIpc) is 2.70. The monoisotopic (exact) mass is 376 g/mol. The molecule has 0 unspecified atom stereocenters. The fourth-order valence-corrected chi connectivity index (χ4v) is 4.10. The number of nitrogens with zero attached hydrogens (tertiary/aromatic N) is 1. The predicted octanol–water partition coefficient (Wildman–Crippen LogP) is 2.97. The van der Waals surface area contributed by atoms with Crippen molar-refractivity contribution in [2.24, 2.45) is 0 Å². The zero-order valence-corrected chi connectivity index (χ0v) is 16.0. The molecule has 2 aromatic carbocycles. The van der Waals surface area contributed by atoms with Gasteiger partial charge in [-0.05, 0) is 60.9 Å². The van der Waals surface area contributed by atoms with Crippen LogP contribution in [0, 0.1) is 0 Å². The maximum atomic E-state index is 12.6. The van der Waals surface area contributed by atoms with E-state index in [0.29, 0.717) is 5.56 Å². The molecule has 0 radical (unpaired) electrons. The zero-order valence-electron chi connectivity index (χ0n) is 16.0. The van der Waals surface area contributed by atoms with Gasteiger partial charge in [0.1, 0.15) is 6.54 Å². The number of nitrogens with one attached hydrogen (secondary N) is 1. The Labute approximate surface area is 164 Å². The van der Waals surface area contributed by atoms with Gasteiger partial charge < -0.3 is 5.32 Å². The molecule has 0 fully saturated rings. The van der Waals surface area contributed by atoms with Crippen molar-refractivity contribution in [1.29, 1.82) is 0 Å². The number of carbonyl (C=O) groups excluding carboxylic acids is 3. The summed E-state index contributed by atoms with van der Waals surface area (Å²) in [5, 5.41) is 2.93. The van der Waals surface area contributed by atoms with Gasteiger partial charge in [0.25, 0.3) is 5.91 Å². The molecule has 0 saturated heterocycles. The fraction of sp³-hybridized carbons (Fsp3) is 0.348. The molecule has 3 amide bonds. The second-order valence-corrected chi connectivity index (χ2v) is 7.64. The van der Waals surface area contributed by atoms with Crippen molar-refractivity contribution in [3.05, 3.63) is 70.3 Å². The third kappa shape index (κ3) is 3.57. The fourth-order valence-electron chi connectivity index (χ4n) is 4.10. The van der Waals surface area contributed by atoms with E-state index in [4.69, 9.17) is 0 Å². The van der Waals surface area contributed by atoms with E-state index in [1.165, 1.54) is 24.0 Å². The van der Waals surface area contributed by atoms with Gasteiger partial charge in [0.2, 0.25) is 11.8 Å². The maximum absolute atomic E-state index is 12.6. The van der Waals surface area contributed by atoms with E-state index in [0.717, 1.165) is 28.9 Å². The van der Waals surface area contributed by atoms with Gasteiger partial charge in [-0.15, -0.1) is 0 Å². The summed E-state index contributed by atoms with van der Waals surface area (Å²) in [6.07, 6.45) is 4.80. The van der Waals surface area contributed by atoms with Crippen LogP contribution in [0.15, 0.2) is 42.5 Å². The van der Waals surface area contributed by atoms with Gasteiger partial charge in [-0.3, -0.25) is 19.3 Å². The molecule has 1 aliphatic heterocycles. The Bertz CT molecular complexity index is 951. The first-order valence-electron chi connectivity index (χ1n) is 9.86. The van der Waals surface area contributed by atoms with Crippen LogP contribution in [-0.2, 0) is 28.9 Å². The lowest BCUT2D eigenvalue weighted by Crippen LogP contribution is -2.47. The number of aryl methyl sites for hydroxylation is 2. The molecule has 2 aromatic rings. The van der Waals surface area contributed by atoms with Gasteiger partial charge in [0, 0.05) is 5.56 Å². The quantitative estimate of drug-likeness (QED) is 0.835. The molecule has 1 heterocycles. The SMILES string of the molecule is C[C@H](NC(=O)CN1C(=O)Cc2ccccc2C1=O)c1ccc2c(c1)CCCC2. The molecule has 5 heteroatoms. The van der Waals surface area contributed by atoms with Crippen molar-refractivity contribution < 1.29 is 14.4 Å². The minimum Gasteiger partial charge on any atom is -0.348 e. The van der Waals surface area contributed by atoms with E-state index in [9.17, 15) is 14.4 Å². The number of imide groups is 1. The first-order chi connectivity index (χ1) is 13.5. The number of rotatable bonds is 4. The average molecular weight is 376 g/mol. The normalized spacial score (nSPS) is 17.0. The highest BCUT2D eigenvalue weighted by atomic mass is 16.2. The van der Waals surface area contributed by atoms with Crippen LogP contribution in [0.5, 0.6) is 0 Å². The molecule has 5 nitrogen and oxygen atoms in total. The number of hydrogen-bond donors (Lipinski definition) is 1. The Morgan fingerprint density at radius 1 is 1.04 bits per heavy atom. The van der Waals surface area contributed by atoms with Crippen LogP contribution in [-0.4, -0.2) is 29.2 Å². The third-order valence-corrected chi connectivity index (χ3v) is 5.69. The molecule has 28 heavy (non-hydrogen) atoms. The minimum atomic E-state index is -0.400. The highest BCUT2D eigenvalue weighted by Crippen LogP contribution is 2.25. The van der Waals surface area contributed by atoms with Crippen molar-refractivity contribution in [2.45, 2.75) is 45.1 Å². The third-order valence-electron chi connectivity index (χ3n) is 5.69. The van der Waals surface area contributed by atoms with E-state index in [2.05, 4.69) is 23.5 Å². The summed E-state index contributed by atoms with van der Waals surface area (Å²) in [7, 11) is 0. The maximum Gasteiger partial charge on any atom is 0.261 e.